The molecule has 1 aromatic carbocycles. The van der Waals surface area contributed by atoms with Gasteiger partial charge in [0, 0.05) is 31.2 Å². The summed E-state index contributed by atoms with van der Waals surface area (Å²) in [4.78, 5) is 28.6. The number of benzene rings is 1. The first-order valence-electron chi connectivity index (χ1n) is 9.19. The van der Waals surface area contributed by atoms with Gasteiger partial charge in [-0.25, -0.2) is 13.3 Å². The fourth-order valence-corrected chi connectivity index (χ4v) is 6.43. The van der Waals surface area contributed by atoms with Crippen LogP contribution in [0.1, 0.15) is 12.0 Å². The number of halogens is 1. The number of hydrogen-bond acceptors (Lipinski definition) is 6. The van der Waals surface area contributed by atoms with Crippen LogP contribution < -0.4 is 4.90 Å². The van der Waals surface area contributed by atoms with Crippen molar-refractivity contribution in [3.63, 3.8) is 0 Å². The minimum absolute atomic E-state index is 0.0853. The molecule has 1 aromatic heterocycles. The van der Waals surface area contributed by atoms with E-state index in [0.717, 1.165) is 5.56 Å². The van der Waals surface area contributed by atoms with Gasteiger partial charge in [0.2, 0.25) is 5.91 Å². The predicted octanol–water partition coefficient (Wildman–Crippen LogP) is 2.35. The summed E-state index contributed by atoms with van der Waals surface area (Å²) >= 11 is 7.34. The Bertz CT molecular complexity index is 1050. The van der Waals surface area contributed by atoms with Gasteiger partial charge in [0.1, 0.15) is 4.21 Å². The first kappa shape index (κ1) is 20.5. The van der Waals surface area contributed by atoms with Gasteiger partial charge in [-0.1, -0.05) is 23.7 Å². The topological polar surface area (TPSA) is 78.0 Å². The van der Waals surface area contributed by atoms with E-state index in [2.05, 4.69) is 0 Å². The molecule has 0 aliphatic carbocycles. The van der Waals surface area contributed by atoms with Gasteiger partial charge in [0.15, 0.2) is 0 Å². The summed E-state index contributed by atoms with van der Waals surface area (Å²) in [5.41, 5.74) is 1.34. The summed E-state index contributed by atoms with van der Waals surface area (Å²) in [6.45, 7) is 3.23. The zero-order valence-electron chi connectivity index (χ0n) is 15.7. The van der Waals surface area contributed by atoms with Crippen molar-refractivity contribution < 1.29 is 18.0 Å². The second-order valence-corrected chi connectivity index (χ2v) is 10.6. The largest absolute Gasteiger partial charge is 0.289 e. The second kappa shape index (κ2) is 7.81. The average Bonchev–Trinajstić information content (AvgIpc) is 3.33. The minimum atomic E-state index is -3.50. The molecule has 29 heavy (non-hydrogen) atoms. The Morgan fingerprint density at radius 1 is 1.10 bits per heavy atom. The molecule has 2 aliphatic rings. The van der Waals surface area contributed by atoms with Crippen molar-refractivity contribution in [1.29, 1.82) is 0 Å². The van der Waals surface area contributed by atoms with Crippen LogP contribution in [0.15, 0.2) is 39.9 Å². The van der Waals surface area contributed by atoms with Gasteiger partial charge >= 0.3 is 0 Å². The van der Waals surface area contributed by atoms with Crippen molar-refractivity contribution in [2.24, 2.45) is 0 Å². The molecule has 0 N–H and O–H groups in total. The Balaban J connectivity index is 1.46. The van der Waals surface area contributed by atoms with E-state index >= 15 is 0 Å². The molecule has 0 bridgehead atoms. The van der Waals surface area contributed by atoms with Gasteiger partial charge in [-0.05, 0) is 36.1 Å². The van der Waals surface area contributed by atoms with Crippen LogP contribution in [-0.4, -0.2) is 61.7 Å². The van der Waals surface area contributed by atoms with Crippen molar-refractivity contribution in [3.8, 4) is 0 Å². The Morgan fingerprint density at radius 2 is 1.83 bits per heavy atom. The fourth-order valence-electron chi connectivity index (χ4n) is 3.69. The van der Waals surface area contributed by atoms with E-state index in [1.54, 1.807) is 35.7 Å². The highest BCUT2D eigenvalue weighted by molar-refractivity contribution is 7.91. The lowest BCUT2D eigenvalue weighted by atomic mass is 10.2. The number of thiophene rings is 1. The normalized spacial score (nSPS) is 21.9. The third-order valence-electron chi connectivity index (χ3n) is 5.34. The highest BCUT2D eigenvalue weighted by atomic mass is 35.5. The SMILES string of the molecule is Cc1ccc(N2C(=O)CC(N3CCN(S(=O)(=O)c4cccs4)CC3)C2=O)cc1Cl. The first-order valence-corrected chi connectivity index (χ1v) is 11.9. The van der Waals surface area contributed by atoms with E-state index in [4.69, 9.17) is 11.6 Å². The molecular formula is C19H20ClN3O4S2. The molecule has 2 fully saturated rings. The van der Waals surface area contributed by atoms with Crippen molar-refractivity contribution in [3.05, 3.63) is 46.3 Å². The van der Waals surface area contributed by atoms with Gasteiger partial charge < -0.3 is 0 Å². The molecular weight excluding hydrogens is 434 g/mol. The third-order valence-corrected chi connectivity index (χ3v) is 9.02. The molecule has 1 atom stereocenters. The maximum Gasteiger partial charge on any atom is 0.252 e. The van der Waals surface area contributed by atoms with Crippen LogP contribution in [-0.2, 0) is 19.6 Å². The van der Waals surface area contributed by atoms with Crippen LogP contribution in [0.25, 0.3) is 0 Å². The Labute approximate surface area is 178 Å². The molecule has 0 radical (unpaired) electrons. The van der Waals surface area contributed by atoms with Crippen molar-refractivity contribution in [1.82, 2.24) is 9.21 Å². The summed E-state index contributed by atoms with van der Waals surface area (Å²) < 4.78 is 27.1. The van der Waals surface area contributed by atoms with Gasteiger partial charge in [-0.2, -0.15) is 4.31 Å². The van der Waals surface area contributed by atoms with E-state index in [1.807, 2.05) is 11.8 Å². The van der Waals surface area contributed by atoms with Gasteiger partial charge in [-0.3, -0.25) is 14.5 Å². The highest BCUT2D eigenvalue weighted by Gasteiger charge is 2.44. The van der Waals surface area contributed by atoms with Gasteiger partial charge in [-0.15, -0.1) is 11.3 Å². The quantitative estimate of drug-likeness (QED) is 0.664. The zero-order valence-corrected chi connectivity index (χ0v) is 18.1. The zero-order chi connectivity index (χ0) is 20.8. The third kappa shape index (κ3) is 3.73. The maximum atomic E-state index is 13.0. The van der Waals surface area contributed by atoms with Gasteiger partial charge in [0.05, 0.1) is 18.2 Å². The molecule has 2 aliphatic heterocycles. The second-order valence-electron chi connectivity index (χ2n) is 7.09. The number of sulfonamides is 1. The number of piperazine rings is 1. The number of amides is 2. The standard InChI is InChI=1S/C19H20ClN3O4S2/c1-13-4-5-14(11-15(13)20)23-17(24)12-16(19(23)25)21-6-8-22(9-7-21)29(26,27)18-3-2-10-28-18/h2-5,10-11,16H,6-9,12H2,1H3. The lowest BCUT2D eigenvalue weighted by Gasteiger charge is -2.36. The average molecular weight is 454 g/mol. The molecule has 7 nitrogen and oxygen atoms in total. The molecule has 0 saturated carbocycles. The van der Waals surface area contributed by atoms with Crippen LogP contribution >= 0.6 is 22.9 Å². The Hall–Kier alpha value is -1.78. The summed E-state index contributed by atoms with van der Waals surface area (Å²) in [6, 6.07) is 7.85. The fraction of sp³-hybridized carbons (Fsp3) is 0.368. The molecule has 154 valence electrons. The highest BCUT2D eigenvalue weighted by Crippen LogP contribution is 2.30. The monoisotopic (exact) mass is 453 g/mol. The molecule has 2 aromatic rings. The van der Waals surface area contributed by atoms with E-state index in [9.17, 15) is 18.0 Å². The van der Waals surface area contributed by atoms with E-state index in [1.165, 1.54) is 20.5 Å². The number of aryl methyl sites for hydroxylation is 1. The van der Waals surface area contributed by atoms with Crippen LogP contribution in [0.2, 0.25) is 5.02 Å². The number of rotatable bonds is 4. The maximum absolute atomic E-state index is 13.0. The predicted molar refractivity (Wildman–Crippen MR) is 112 cm³/mol. The molecule has 3 heterocycles. The number of carbonyl (C=O) groups is 2. The summed E-state index contributed by atoms with van der Waals surface area (Å²) in [5, 5.41) is 2.23. The van der Waals surface area contributed by atoms with Crippen LogP contribution in [0.4, 0.5) is 5.69 Å². The number of nitrogens with zero attached hydrogens (tertiary/aromatic N) is 3. The number of imide groups is 1. The summed E-state index contributed by atoms with van der Waals surface area (Å²) in [6.07, 6.45) is 0.0853. The smallest absolute Gasteiger partial charge is 0.252 e. The summed E-state index contributed by atoms with van der Waals surface area (Å²) in [5.74, 6) is -0.557. The van der Waals surface area contributed by atoms with Gasteiger partial charge in [0.25, 0.3) is 15.9 Å². The van der Waals surface area contributed by atoms with Crippen LogP contribution in [0.3, 0.4) is 0 Å². The molecule has 2 amide bonds. The molecule has 4 rings (SSSR count). The van der Waals surface area contributed by atoms with Crippen LogP contribution in [0.5, 0.6) is 0 Å². The van der Waals surface area contributed by atoms with Crippen molar-refractivity contribution in [2.75, 3.05) is 31.1 Å². The van der Waals surface area contributed by atoms with Crippen molar-refractivity contribution >= 4 is 50.5 Å². The lowest BCUT2D eigenvalue weighted by molar-refractivity contribution is -0.123. The van der Waals surface area contributed by atoms with Crippen molar-refractivity contribution in [2.45, 2.75) is 23.6 Å². The molecule has 0 spiro atoms. The summed E-state index contributed by atoms with van der Waals surface area (Å²) in [7, 11) is -3.50. The Morgan fingerprint density at radius 3 is 2.45 bits per heavy atom. The molecule has 10 heteroatoms. The van der Waals surface area contributed by atoms with Crippen LogP contribution in [0, 0.1) is 6.92 Å². The number of anilines is 1. The first-order chi connectivity index (χ1) is 13.8. The van der Waals surface area contributed by atoms with E-state index in [0.29, 0.717) is 28.0 Å². The number of carbonyl (C=O) groups excluding carboxylic acids is 2. The van der Waals surface area contributed by atoms with E-state index in [-0.39, 0.29) is 31.3 Å². The lowest BCUT2D eigenvalue weighted by Crippen LogP contribution is -2.53. The minimum Gasteiger partial charge on any atom is -0.289 e. The number of hydrogen-bond donors (Lipinski definition) is 0. The van der Waals surface area contributed by atoms with E-state index < -0.39 is 16.1 Å². The Kier molecular flexibility index (Phi) is 5.52. The molecule has 2 saturated heterocycles. The molecule has 1 unspecified atom stereocenters.